The normalized spacial score (nSPS) is 11.5. The molecule has 1 heterocycles. The van der Waals surface area contributed by atoms with Crippen LogP contribution in [0.2, 0.25) is 5.15 Å². The summed E-state index contributed by atoms with van der Waals surface area (Å²) < 4.78 is 39.5. The molecule has 0 aliphatic heterocycles. The van der Waals surface area contributed by atoms with Crippen molar-refractivity contribution in [3.63, 3.8) is 0 Å². The van der Waals surface area contributed by atoms with Crippen molar-refractivity contribution in [3.05, 3.63) is 34.6 Å². The number of nitrogens with one attached hydrogen (secondary N) is 1. The highest BCUT2D eigenvalue weighted by Gasteiger charge is 2.24. The van der Waals surface area contributed by atoms with Gasteiger partial charge in [0.1, 0.15) is 10.0 Å². The number of rotatable bonds is 7. The average Bonchev–Trinajstić information content (AvgIpc) is 2.79. The molecule has 0 unspecified atom stereocenters. The second kappa shape index (κ2) is 7.42. The largest absolute Gasteiger partial charge is 0.493 e. The summed E-state index contributed by atoms with van der Waals surface area (Å²) in [5, 5.41) is 4.09. The smallest absolute Gasteiger partial charge is 0.245 e. The zero-order valence-corrected chi connectivity index (χ0v) is 15.5. The Morgan fingerprint density at radius 1 is 1.33 bits per heavy atom. The summed E-state index contributed by atoms with van der Waals surface area (Å²) in [6.45, 7) is 4.08. The molecule has 24 heavy (non-hydrogen) atoms. The topological polar surface area (TPSA) is 82.5 Å². The van der Waals surface area contributed by atoms with Crippen LogP contribution in [0.1, 0.15) is 18.2 Å². The van der Waals surface area contributed by atoms with E-state index in [4.69, 9.17) is 21.1 Å². The van der Waals surface area contributed by atoms with Gasteiger partial charge in [-0.2, -0.15) is 5.10 Å². The van der Waals surface area contributed by atoms with E-state index in [1.165, 1.54) is 11.8 Å². The second-order valence-electron chi connectivity index (χ2n) is 5.07. The zero-order chi connectivity index (χ0) is 17.9. The number of hydrogen-bond acceptors (Lipinski definition) is 5. The predicted octanol–water partition coefficient (Wildman–Crippen LogP) is 2.27. The van der Waals surface area contributed by atoms with Gasteiger partial charge in [-0.1, -0.05) is 17.7 Å². The summed E-state index contributed by atoms with van der Waals surface area (Å²) in [5.74, 6) is 1.15. The van der Waals surface area contributed by atoms with Crippen molar-refractivity contribution in [1.29, 1.82) is 0 Å². The number of hydrogen-bond donors (Lipinski definition) is 1. The van der Waals surface area contributed by atoms with E-state index in [2.05, 4.69) is 9.82 Å². The number of aryl methyl sites for hydroxylation is 2. The van der Waals surface area contributed by atoms with Crippen LogP contribution in [0.5, 0.6) is 11.5 Å². The molecule has 0 spiro atoms. The molecule has 1 aromatic heterocycles. The lowest BCUT2D eigenvalue weighted by molar-refractivity contribution is 0.310. The van der Waals surface area contributed by atoms with Crippen LogP contribution < -0.4 is 14.2 Å². The number of benzene rings is 1. The fourth-order valence-electron chi connectivity index (χ4n) is 2.26. The van der Waals surface area contributed by atoms with Crippen LogP contribution in [0, 0.1) is 6.92 Å². The zero-order valence-electron chi connectivity index (χ0n) is 14.0. The highest BCUT2D eigenvalue weighted by atomic mass is 35.5. The molecule has 0 aliphatic carbocycles. The minimum absolute atomic E-state index is 0.00966. The second-order valence-corrected chi connectivity index (χ2v) is 7.13. The lowest BCUT2D eigenvalue weighted by Crippen LogP contribution is -2.24. The molecular weight excluding hydrogens is 354 g/mol. The first-order chi connectivity index (χ1) is 11.3. The molecule has 132 valence electrons. The quantitative estimate of drug-likeness (QED) is 0.805. The molecule has 2 rings (SSSR count). The summed E-state index contributed by atoms with van der Waals surface area (Å²) in [4.78, 5) is -0.00966. The van der Waals surface area contributed by atoms with Crippen LogP contribution in [0.25, 0.3) is 0 Å². The van der Waals surface area contributed by atoms with Crippen molar-refractivity contribution in [1.82, 2.24) is 14.5 Å². The molecule has 2 aromatic rings. The fourth-order valence-corrected chi connectivity index (χ4v) is 4.03. The van der Waals surface area contributed by atoms with Gasteiger partial charge in [0.15, 0.2) is 11.5 Å². The van der Waals surface area contributed by atoms with E-state index in [-0.39, 0.29) is 16.6 Å². The summed E-state index contributed by atoms with van der Waals surface area (Å²) in [6.07, 6.45) is 0. The first-order valence-electron chi connectivity index (χ1n) is 7.28. The van der Waals surface area contributed by atoms with E-state index in [1.807, 2.05) is 6.92 Å². The fraction of sp³-hybridized carbons (Fsp3) is 0.400. The molecular formula is C15H20ClN3O4S. The van der Waals surface area contributed by atoms with E-state index in [9.17, 15) is 8.42 Å². The summed E-state index contributed by atoms with van der Waals surface area (Å²) in [6, 6.07) is 5.24. The van der Waals surface area contributed by atoms with Crippen LogP contribution in [0.15, 0.2) is 23.1 Å². The van der Waals surface area contributed by atoms with Crippen molar-refractivity contribution >= 4 is 21.6 Å². The standard InChI is InChI=1S/C15H20ClN3O4S/c1-5-23-12-7-6-11(8-13(12)22-4)9-17-24(20,21)14-10(2)18-19(3)15(14)16/h6-8,17H,5,9H2,1-4H3. The van der Waals surface area contributed by atoms with Crippen LogP contribution >= 0.6 is 11.6 Å². The summed E-state index contributed by atoms with van der Waals surface area (Å²) in [5.41, 5.74) is 1.08. The molecule has 1 aromatic carbocycles. The van der Waals surface area contributed by atoms with Gasteiger partial charge in [-0.3, -0.25) is 4.68 Å². The molecule has 0 saturated carbocycles. The van der Waals surface area contributed by atoms with Crippen LogP contribution in [0.3, 0.4) is 0 Å². The number of methoxy groups -OCH3 is 1. The first kappa shape index (κ1) is 18.6. The van der Waals surface area contributed by atoms with Gasteiger partial charge in [-0.15, -0.1) is 0 Å². The van der Waals surface area contributed by atoms with Gasteiger partial charge in [-0.25, -0.2) is 13.1 Å². The minimum atomic E-state index is -3.78. The van der Waals surface area contributed by atoms with E-state index in [0.717, 1.165) is 5.56 Å². The molecule has 0 radical (unpaired) electrons. The van der Waals surface area contributed by atoms with Crippen molar-refractivity contribution < 1.29 is 17.9 Å². The minimum Gasteiger partial charge on any atom is -0.493 e. The Kier molecular flexibility index (Phi) is 5.74. The molecule has 0 atom stereocenters. The Morgan fingerprint density at radius 3 is 2.58 bits per heavy atom. The van der Waals surface area contributed by atoms with Gasteiger partial charge in [0.05, 0.1) is 19.4 Å². The Hall–Kier alpha value is -1.77. The van der Waals surface area contributed by atoms with E-state index < -0.39 is 10.0 Å². The Bertz CT molecular complexity index is 833. The number of nitrogens with zero attached hydrogens (tertiary/aromatic N) is 2. The predicted molar refractivity (Wildman–Crippen MR) is 91.1 cm³/mol. The molecule has 0 bridgehead atoms. The highest BCUT2D eigenvalue weighted by Crippen LogP contribution is 2.28. The van der Waals surface area contributed by atoms with Crippen molar-refractivity contribution in [2.75, 3.05) is 13.7 Å². The Morgan fingerprint density at radius 2 is 2.04 bits per heavy atom. The van der Waals surface area contributed by atoms with Crippen molar-refractivity contribution in [2.45, 2.75) is 25.3 Å². The van der Waals surface area contributed by atoms with Crippen LogP contribution in [0.4, 0.5) is 0 Å². The summed E-state index contributed by atoms with van der Waals surface area (Å²) >= 11 is 6.03. The monoisotopic (exact) mass is 373 g/mol. The van der Waals surface area contributed by atoms with Crippen molar-refractivity contribution in [3.8, 4) is 11.5 Å². The SMILES string of the molecule is CCOc1ccc(CNS(=O)(=O)c2c(C)nn(C)c2Cl)cc1OC. The molecule has 0 saturated heterocycles. The molecule has 9 heteroatoms. The van der Waals surface area contributed by atoms with Gasteiger partial charge in [-0.05, 0) is 31.5 Å². The van der Waals surface area contributed by atoms with Crippen molar-refractivity contribution in [2.24, 2.45) is 7.05 Å². The van der Waals surface area contributed by atoms with E-state index >= 15 is 0 Å². The maximum absolute atomic E-state index is 12.5. The highest BCUT2D eigenvalue weighted by molar-refractivity contribution is 7.89. The third kappa shape index (κ3) is 3.82. The Labute approximate surface area is 146 Å². The van der Waals surface area contributed by atoms with Gasteiger partial charge < -0.3 is 9.47 Å². The number of sulfonamides is 1. The Balaban J connectivity index is 2.21. The molecule has 0 aliphatic rings. The number of aromatic nitrogens is 2. The lowest BCUT2D eigenvalue weighted by atomic mass is 10.2. The first-order valence-corrected chi connectivity index (χ1v) is 9.14. The molecule has 1 N–H and O–H groups in total. The molecule has 7 nitrogen and oxygen atoms in total. The third-order valence-corrected chi connectivity index (χ3v) is 5.46. The summed E-state index contributed by atoms with van der Waals surface area (Å²) in [7, 11) is -0.655. The van der Waals surface area contributed by atoms with Crippen LogP contribution in [-0.4, -0.2) is 31.9 Å². The van der Waals surface area contributed by atoms with Crippen LogP contribution in [-0.2, 0) is 23.6 Å². The lowest BCUT2D eigenvalue weighted by Gasteiger charge is -2.12. The molecule has 0 fully saturated rings. The maximum Gasteiger partial charge on any atom is 0.245 e. The van der Waals surface area contributed by atoms with Gasteiger partial charge in [0.2, 0.25) is 10.0 Å². The maximum atomic E-state index is 12.5. The van der Waals surface area contributed by atoms with Gasteiger partial charge in [0, 0.05) is 13.6 Å². The van der Waals surface area contributed by atoms with E-state index in [0.29, 0.717) is 23.8 Å². The van der Waals surface area contributed by atoms with Gasteiger partial charge in [0.25, 0.3) is 0 Å². The number of ether oxygens (including phenoxy) is 2. The third-order valence-electron chi connectivity index (χ3n) is 3.36. The van der Waals surface area contributed by atoms with Gasteiger partial charge >= 0.3 is 0 Å². The number of halogens is 1. The van der Waals surface area contributed by atoms with E-state index in [1.54, 1.807) is 32.2 Å². The average molecular weight is 374 g/mol. The molecule has 0 amide bonds.